The Morgan fingerprint density at radius 3 is 1.95 bits per heavy atom. The second kappa shape index (κ2) is 5.55. The molecule has 4 heteroatoms. The van der Waals surface area contributed by atoms with E-state index >= 15 is 0 Å². The zero-order valence-corrected chi connectivity index (χ0v) is 11.8. The molecule has 0 heterocycles. The van der Waals surface area contributed by atoms with Crippen LogP contribution in [0, 0.1) is 0 Å². The highest BCUT2D eigenvalue weighted by Crippen LogP contribution is 2.21. The van der Waals surface area contributed by atoms with E-state index in [1.807, 2.05) is 61.5 Å². The summed E-state index contributed by atoms with van der Waals surface area (Å²) in [4.78, 5) is 0. The molecule has 0 saturated carbocycles. The lowest BCUT2D eigenvalue weighted by molar-refractivity contribution is 0.573. The van der Waals surface area contributed by atoms with Crippen molar-refractivity contribution in [3.05, 3.63) is 60.2 Å². The summed E-state index contributed by atoms with van der Waals surface area (Å²) in [6.07, 6.45) is 1.17. The van der Waals surface area contributed by atoms with Gasteiger partial charge in [0.1, 0.15) is 0 Å². The molecule has 0 aliphatic rings. The summed E-state index contributed by atoms with van der Waals surface area (Å²) in [7, 11) is -3.18. The predicted molar refractivity (Wildman–Crippen MR) is 78.3 cm³/mol. The number of rotatable bonds is 4. The van der Waals surface area contributed by atoms with Crippen molar-refractivity contribution < 1.29 is 8.42 Å². The third-order valence-corrected chi connectivity index (χ3v) is 3.69. The molecule has 1 atom stereocenters. The SMILES string of the molecule is CC(NS(C)(=O)=O)c1ccc(-c2ccccc2)cc1. The van der Waals surface area contributed by atoms with Crippen LogP contribution in [0.4, 0.5) is 0 Å². The minimum atomic E-state index is -3.18. The van der Waals surface area contributed by atoms with E-state index in [0.29, 0.717) is 0 Å². The number of hydrogen-bond donors (Lipinski definition) is 1. The highest BCUT2D eigenvalue weighted by molar-refractivity contribution is 7.88. The first-order chi connectivity index (χ1) is 8.96. The third kappa shape index (κ3) is 3.91. The summed E-state index contributed by atoms with van der Waals surface area (Å²) in [5.74, 6) is 0. The Labute approximate surface area is 114 Å². The van der Waals surface area contributed by atoms with Gasteiger partial charge in [0.05, 0.1) is 6.26 Å². The van der Waals surface area contributed by atoms with Gasteiger partial charge in [-0.2, -0.15) is 0 Å². The maximum absolute atomic E-state index is 11.2. The Morgan fingerprint density at radius 2 is 1.42 bits per heavy atom. The average Bonchev–Trinajstić information content (AvgIpc) is 2.38. The molecule has 0 radical (unpaired) electrons. The fraction of sp³-hybridized carbons (Fsp3) is 0.200. The number of sulfonamides is 1. The standard InChI is InChI=1S/C15H17NO2S/c1-12(16-19(2,17)18)13-8-10-15(11-9-13)14-6-4-3-5-7-14/h3-12,16H,1-2H3. The molecule has 2 aromatic carbocycles. The van der Waals surface area contributed by atoms with Gasteiger partial charge < -0.3 is 0 Å². The smallest absolute Gasteiger partial charge is 0.209 e. The average molecular weight is 275 g/mol. The van der Waals surface area contributed by atoms with Gasteiger partial charge in [-0.05, 0) is 23.6 Å². The molecule has 0 bridgehead atoms. The zero-order chi connectivity index (χ0) is 13.9. The molecule has 0 aliphatic carbocycles. The van der Waals surface area contributed by atoms with E-state index in [9.17, 15) is 8.42 Å². The van der Waals surface area contributed by atoms with Gasteiger partial charge in [0.15, 0.2) is 0 Å². The normalized spacial score (nSPS) is 13.2. The van der Waals surface area contributed by atoms with Gasteiger partial charge in [0.25, 0.3) is 0 Å². The molecule has 0 fully saturated rings. The first-order valence-electron chi connectivity index (χ1n) is 6.08. The summed E-state index contributed by atoms with van der Waals surface area (Å²) in [6.45, 7) is 1.83. The molecule has 0 saturated heterocycles. The molecule has 2 rings (SSSR count). The summed E-state index contributed by atoms with van der Waals surface area (Å²) < 4.78 is 25.0. The molecule has 0 spiro atoms. The lowest BCUT2D eigenvalue weighted by Gasteiger charge is -2.13. The maximum atomic E-state index is 11.2. The Bertz CT molecular complexity index is 634. The summed E-state index contributed by atoms with van der Waals surface area (Å²) in [5.41, 5.74) is 3.22. The van der Waals surface area contributed by atoms with Crippen LogP contribution in [0.1, 0.15) is 18.5 Å². The maximum Gasteiger partial charge on any atom is 0.209 e. The third-order valence-electron chi connectivity index (χ3n) is 2.91. The lowest BCUT2D eigenvalue weighted by atomic mass is 10.0. The van der Waals surface area contributed by atoms with E-state index in [0.717, 1.165) is 16.7 Å². The van der Waals surface area contributed by atoms with E-state index in [1.54, 1.807) is 0 Å². The Balaban J connectivity index is 2.19. The molecular formula is C15H17NO2S. The minimum Gasteiger partial charge on any atom is -0.213 e. The Morgan fingerprint density at radius 1 is 0.895 bits per heavy atom. The van der Waals surface area contributed by atoms with Crippen molar-refractivity contribution in [2.24, 2.45) is 0 Å². The first kappa shape index (κ1) is 13.8. The fourth-order valence-electron chi connectivity index (χ4n) is 1.98. The van der Waals surface area contributed by atoms with Gasteiger partial charge in [-0.3, -0.25) is 0 Å². The number of hydrogen-bond acceptors (Lipinski definition) is 2. The van der Waals surface area contributed by atoms with Crippen molar-refractivity contribution in [3.63, 3.8) is 0 Å². The van der Waals surface area contributed by atoms with Crippen LogP contribution in [-0.4, -0.2) is 14.7 Å². The van der Waals surface area contributed by atoms with Crippen molar-refractivity contribution in [2.75, 3.05) is 6.26 Å². The molecule has 1 N–H and O–H groups in total. The van der Waals surface area contributed by atoms with Gasteiger partial charge in [0.2, 0.25) is 10.0 Å². The van der Waals surface area contributed by atoms with E-state index in [4.69, 9.17) is 0 Å². The highest BCUT2D eigenvalue weighted by atomic mass is 32.2. The van der Waals surface area contributed by atoms with E-state index < -0.39 is 10.0 Å². The van der Waals surface area contributed by atoms with Gasteiger partial charge in [-0.1, -0.05) is 54.6 Å². The zero-order valence-electron chi connectivity index (χ0n) is 11.0. The van der Waals surface area contributed by atoms with Crippen molar-refractivity contribution in [1.82, 2.24) is 4.72 Å². The van der Waals surface area contributed by atoms with Crippen molar-refractivity contribution in [1.29, 1.82) is 0 Å². The van der Waals surface area contributed by atoms with Crippen LogP contribution >= 0.6 is 0 Å². The number of nitrogens with one attached hydrogen (secondary N) is 1. The monoisotopic (exact) mass is 275 g/mol. The Hall–Kier alpha value is -1.65. The van der Waals surface area contributed by atoms with Gasteiger partial charge in [-0.15, -0.1) is 0 Å². The van der Waals surface area contributed by atoms with Crippen molar-refractivity contribution >= 4 is 10.0 Å². The van der Waals surface area contributed by atoms with Crippen LogP contribution in [0.3, 0.4) is 0 Å². The van der Waals surface area contributed by atoms with Crippen LogP contribution in [0.5, 0.6) is 0 Å². The van der Waals surface area contributed by atoms with E-state index in [-0.39, 0.29) is 6.04 Å². The molecule has 100 valence electrons. The highest BCUT2D eigenvalue weighted by Gasteiger charge is 2.10. The van der Waals surface area contributed by atoms with Crippen LogP contribution in [0.15, 0.2) is 54.6 Å². The number of benzene rings is 2. The van der Waals surface area contributed by atoms with E-state index in [2.05, 4.69) is 4.72 Å². The van der Waals surface area contributed by atoms with Crippen molar-refractivity contribution in [2.45, 2.75) is 13.0 Å². The Kier molecular flexibility index (Phi) is 4.02. The van der Waals surface area contributed by atoms with Gasteiger partial charge in [-0.25, -0.2) is 13.1 Å². The molecule has 0 amide bonds. The van der Waals surface area contributed by atoms with Crippen LogP contribution in [0.25, 0.3) is 11.1 Å². The summed E-state index contributed by atoms with van der Waals surface area (Å²) in [5, 5.41) is 0. The summed E-state index contributed by atoms with van der Waals surface area (Å²) >= 11 is 0. The molecule has 1 unspecified atom stereocenters. The first-order valence-corrected chi connectivity index (χ1v) is 7.97. The van der Waals surface area contributed by atoms with Crippen LogP contribution in [0.2, 0.25) is 0 Å². The van der Waals surface area contributed by atoms with Crippen molar-refractivity contribution in [3.8, 4) is 11.1 Å². The molecule has 0 aliphatic heterocycles. The van der Waals surface area contributed by atoms with Crippen LogP contribution < -0.4 is 4.72 Å². The van der Waals surface area contributed by atoms with Gasteiger partial charge in [0, 0.05) is 6.04 Å². The second-order valence-corrected chi connectivity index (χ2v) is 6.38. The molecule has 3 nitrogen and oxygen atoms in total. The molecular weight excluding hydrogens is 258 g/mol. The molecule has 0 aromatic heterocycles. The van der Waals surface area contributed by atoms with Crippen LogP contribution in [-0.2, 0) is 10.0 Å². The van der Waals surface area contributed by atoms with Gasteiger partial charge >= 0.3 is 0 Å². The molecule has 19 heavy (non-hydrogen) atoms. The largest absolute Gasteiger partial charge is 0.213 e. The minimum absolute atomic E-state index is 0.222. The second-order valence-electron chi connectivity index (χ2n) is 4.60. The quantitative estimate of drug-likeness (QED) is 0.932. The van der Waals surface area contributed by atoms with E-state index in [1.165, 1.54) is 6.26 Å². The molecule has 2 aromatic rings. The summed E-state index contributed by atoms with van der Waals surface area (Å²) in [6, 6.07) is 17.8. The predicted octanol–water partition coefficient (Wildman–Crippen LogP) is 2.96. The lowest BCUT2D eigenvalue weighted by Crippen LogP contribution is -2.25. The fourth-order valence-corrected chi connectivity index (χ4v) is 2.76. The topological polar surface area (TPSA) is 46.2 Å².